The van der Waals surface area contributed by atoms with Crippen molar-refractivity contribution in [1.29, 1.82) is 0 Å². The molecular formula is C11H10N4S. The number of aromatic amines is 1. The first-order chi connectivity index (χ1) is 7.88. The number of nitrogens with zero attached hydrogens (tertiary/aromatic N) is 2. The van der Waals surface area contributed by atoms with Crippen molar-refractivity contribution in [2.75, 3.05) is 0 Å². The van der Waals surface area contributed by atoms with E-state index in [2.05, 4.69) is 15.0 Å². The Hall–Kier alpha value is -1.72. The largest absolute Gasteiger partial charge is 0.337 e. The molecule has 0 aliphatic rings. The highest BCUT2D eigenvalue weighted by atomic mass is 32.1. The minimum Gasteiger partial charge on any atom is -0.337 e. The van der Waals surface area contributed by atoms with Crippen LogP contribution in [0.5, 0.6) is 0 Å². The summed E-state index contributed by atoms with van der Waals surface area (Å²) in [6.45, 7) is 0.504. The van der Waals surface area contributed by atoms with E-state index in [1.54, 1.807) is 16.8 Å². The topological polar surface area (TPSA) is 67.6 Å². The van der Waals surface area contributed by atoms with Gasteiger partial charge in [-0.1, -0.05) is 12.1 Å². The molecule has 3 N–H and O–H groups in total. The second-order valence-corrected chi connectivity index (χ2v) is 4.35. The summed E-state index contributed by atoms with van der Waals surface area (Å²) in [5.74, 6) is 0.860. The number of nitrogens with one attached hydrogen (secondary N) is 1. The summed E-state index contributed by atoms with van der Waals surface area (Å²) in [7, 11) is 0. The maximum atomic E-state index is 5.68. The molecule has 0 unspecified atom stereocenters. The maximum Gasteiger partial charge on any atom is 0.150 e. The quantitative estimate of drug-likeness (QED) is 0.708. The number of hydrogen-bond donors (Lipinski definition) is 2. The SMILES string of the molecule is NCc1cccc2[nH]c(-c3cncs3)nc12. The van der Waals surface area contributed by atoms with Gasteiger partial charge < -0.3 is 10.7 Å². The van der Waals surface area contributed by atoms with Crippen molar-refractivity contribution < 1.29 is 0 Å². The number of para-hydroxylation sites is 1. The molecule has 3 rings (SSSR count). The zero-order valence-electron chi connectivity index (χ0n) is 8.47. The molecule has 80 valence electrons. The Morgan fingerprint density at radius 1 is 1.38 bits per heavy atom. The number of rotatable bonds is 2. The molecule has 0 amide bonds. The first kappa shape index (κ1) is 9.50. The fourth-order valence-corrected chi connectivity index (χ4v) is 2.27. The van der Waals surface area contributed by atoms with Crippen molar-refractivity contribution in [3.8, 4) is 10.7 Å². The number of nitrogens with two attached hydrogens (primary N) is 1. The van der Waals surface area contributed by atoms with Gasteiger partial charge in [0.15, 0.2) is 0 Å². The molecule has 1 aromatic carbocycles. The smallest absolute Gasteiger partial charge is 0.150 e. The van der Waals surface area contributed by atoms with Gasteiger partial charge in [-0.05, 0) is 11.6 Å². The van der Waals surface area contributed by atoms with Crippen molar-refractivity contribution in [1.82, 2.24) is 15.0 Å². The van der Waals surface area contributed by atoms with Crippen molar-refractivity contribution >= 4 is 22.4 Å². The third-order valence-electron chi connectivity index (χ3n) is 2.48. The van der Waals surface area contributed by atoms with Gasteiger partial charge in [0.2, 0.25) is 0 Å². The summed E-state index contributed by atoms with van der Waals surface area (Å²) >= 11 is 1.57. The summed E-state index contributed by atoms with van der Waals surface area (Å²) in [5.41, 5.74) is 10.5. The lowest BCUT2D eigenvalue weighted by Gasteiger charge is -1.95. The lowest BCUT2D eigenvalue weighted by atomic mass is 10.2. The molecule has 0 aliphatic carbocycles. The van der Waals surface area contributed by atoms with Gasteiger partial charge >= 0.3 is 0 Å². The zero-order valence-corrected chi connectivity index (χ0v) is 9.29. The molecule has 0 aliphatic heterocycles. The molecule has 3 aromatic rings. The van der Waals surface area contributed by atoms with Crippen molar-refractivity contribution in [3.05, 3.63) is 35.5 Å². The zero-order chi connectivity index (χ0) is 11.0. The molecule has 0 atom stereocenters. The van der Waals surface area contributed by atoms with E-state index < -0.39 is 0 Å². The van der Waals surface area contributed by atoms with Crippen LogP contribution in [0, 0.1) is 0 Å². The van der Waals surface area contributed by atoms with Crippen LogP contribution in [0.15, 0.2) is 29.9 Å². The molecule has 0 radical (unpaired) electrons. The highest BCUT2D eigenvalue weighted by Crippen LogP contribution is 2.24. The van der Waals surface area contributed by atoms with Gasteiger partial charge in [-0.15, -0.1) is 11.3 Å². The van der Waals surface area contributed by atoms with Gasteiger partial charge in [-0.25, -0.2) is 4.98 Å². The van der Waals surface area contributed by atoms with Crippen LogP contribution in [0.1, 0.15) is 5.56 Å². The van der Waals surface area contributed by atoms with Crippen LogP contribution in [0.3, 0.4) is 0 Å². The number of fused-ring (bicyclic) bond motifs is 1. The minimum absolute atomic E-state index is 0.504. The third-order valence-corrected chi connectivity index (χ3v) is 3.26. The minimum atomic E-state index is 0.504. The number of benzene rings is 1. The molecule has 0 fully saturated rings. The van der Waals surface area contributed by atoms with Crippen LogP contribution in [0.25, 0.3) is 21.7 Å². The number of thiazole rings is 1. The Morgan fingerprint density at radius 3 is 3.06 bits per heavy atom. The van der Waals surface area contributed by atoms with E-state index in [0.29, 0.717) is 6.54 Å². The Balaban J connectivity index is 2.23. The van der Waals surface area contributed by atoms with E-state index in [0.717, 1.165) is 27.3 Å². The standard InChI is InChI=1S/C11H10N4S/c12-4-7-2-1-3-8-10(7)15-11(14-8)9-5-13-6-16-9/h1-3,5-6H,4,12H2,(H,14,15). The van der Waals surface area contributed by atoms with Gasteiger partial charge in [0.05, 0.1) is 21.4 Å². The second-order valence-electron chi connectivity index (χ2n) is 3.47. The van der Waals surface area contributed by atoms with E-state index in [1.165, 1.54) is 0 Å². The van der Waals surface area contributed by atoms with E-state index >= 15 is 0 Å². The Bertz CT molecular complexity index is 612. The maximum absolute atomic E-state index is 5.68. The average Bonchev–Trinajstić information content (AvgIpc) is 2.96. The summed E-state index contributed by atoms with van der Waals surface area (Å²) < 4.78 is 0. The highest BCUT2D eigenvalue weighted by Gasteiger charge is 2.08. The van der Waals surface area contributed by atoms with Crippen LogP contribution in [-0.2, 0) is 6.54 Å². The summed E-state index contributed by atoms with van der Waals surface area (Å²) in [5, 5.41) is 0. The Kier molecular flexibility index (Phi) is 2.19. The van der Waals surface area contributed by atoms with E-state index in [9.17, 15) is 0 Å². The molecule has 0 saturated heterocycles. The number of aromatic nitrogens is 3. The van der Waals surface area contributed by atoms with E-state index in [1.807, 2.05) is 24.4 Å². The third kappa shape index (κ3) is 1.41. The number of H-pyrrole nitrogens is 1. The van der Waals surface area contributed by atoms with Crippen molar-refractivity contribution in [2.45, 2.75) is 6.54 Å². The summed E-state index contributed by atoms with van der Waals surface area (Å²) in [6.07, 6.45) is 1.81. The fraction of sp³-hybridized carbons (Fsp3) is 0.0909. The first-order valence-corrected chi connectivity index (χ1v) is 5.83. The van der Waals surface area contributed by atoms with E-state index in [-0.39, 0.29) is 0 Å². The summed E-state index contributed by atoms with van der Waals surface area (Å²) in [4.78, 5) is 12.9. The molecule has 5 heteroatoms. The Labute approximate surface area is 96.2 Å². The van der Waals surface area contributed by atoms with Crippen LogP contribution in [0.4, 0.5) is 0 Å². The van der Waals surface area contributed by atoms with Gasteiger partial charge in [0.1, 0.15) is 5.82 Å². The van der Waals surface area contributed by atoms with Gasteiger partial charge in [0.25, 0.3) is 0 Å². The predicted molar refractivity (Wildman–Crippen MR) is 65.1 cm³/mol. The predicted octanol–water partition coefficient (Wildman–Crippen LogP) is 2.15. The molecule has 16 heavy (non-hydrogen) atoms. The van der Waals surface area contributed by atoms with Crippen molar-refractivity contribution in [2.24, 2.45) is 5.73 Å². The van der Waals surface area contributed by atoms with Crippen LogP contribution >= 0.6 is 11.3 Å². The number of hydrogen-bond acceptors (Lipinski definition) is 4. The molecule has 0 saturated carbocycles. The molecular weight excluding hydrogens is 220 g/mol. The molecule has 0 spiro atoms. The van der Waals surface area contributed by atoms with Gasteiger partial charge in [0, 0.05) is 12.7 Å². The van der Waals surface area contributed by atoms with Crippen LogP contribution < -0.4 is 5.73 Å². The lowest BCUT2D eigenvalue weighted by Crippen LogP contribution is -1.96. The first-order valence-electron chi connectivity index (χ1n) is 4.95. The van der Waals surface area contributed by atoms with Gasteiger partial charge in [-0.2, -0.15) is 0 Å². The van der Waals surface area contributed by atoms with Crippen LogP contribution in [-0.4, -0.2) is 15.0 Å². The number of imidazole rings is 1. The van der Waals surface area contributed by atoms with Gasteiger partial charge in [-0.3, -0.25) is 4.98 Å². The Morgan fingerprint density at radius 2 is 2.31 bits per heavy atom. The van der Waals surface area contributed by atoms with Crippen molar-refractivity contribution in [3.63, 3.8) is 0 Å². The monoisotopic (exact) mass is 230 g/mol. The molecule has 0 bridgehead atoms. The molecule has 4 nitrogen and oxygen atoms in total. The molecule has 2 heterocycles. The second kappa shape index (κ2) is 3.70. The summed E-state index contributed by atoms with van der Waals surface area (Å²) in [6, 6.07) is 5.99. The molecule has 2 aromatic heterocycles. The van der Waals surface area contributed by atoms with E-state index in [4.69, 9.17) is 5.73 Å². The van der Waals surface area contributed by atoms with Crippen LogP contribution in [0.2, 0.25) is 0 Å². The average molecular weight is 230 g/mol. The highest BCUT2D eigenvalue weighted by molar-refractivity contribution is 7.13. The normalized spacial score (nSPS) is 11.1. The lowest BCUT2D eigenvalue weighted by molar-refractivity contribution is 1.08. The fourth-order valence-electron chi connectivity index (χ4n) is 1.71.